The monoisotopic (exact) mass is 223 g/mol. The molecule has 0 bridgehead atoms. The standard InChI is InChI=1S/C11H17N3S/c1-7(15-4)6-14-9(3)8(2)10(5-12)11(14)13/h7H,6,13H2,1-4H3. The zero-order valence-electron chi connectivity index (χ0n) is 9.66. The molecule has 0 radical (unpaired) electrons. The average Bonchev–Trinajstić information content (AvgIpc) is 2.42. The van der Waals surface area contributed by atoms with E-state index in [2.05, 4.69) is 19.2 Å². The van der Waals surface area contributed by atoms with Crippen molar-refractivity contribution in [1.82, 2.24) is 4.57 Å². The van der Waals surface area contributed by atoms with Gasteiger partial charge in [-0.25, -0.2) is 0 Å². The second-order valence-corrected chi connectivity index (χ2v) is 5.02. The molecule has 1 heterocycles. The van der Waals surface area contributed by atoms with E-state index in [9.17, 15) is 0 Å². The first kappa shape index (κ1) is 12.0. The molecule has 0 aromatic carbocycles. The molecule has 0 aliphatic carbocycles. The molecule has 0 spiro atoms. The third-order valence-electron chi connectivity index (χ3n) is 2.82. The van der Waals surface area contributed by atoms with Gasteiger partial charge in [0.25, 0.3) is 0 Å². The molecule has 0 saturated carbocycles. The second-order valence-electron chi connectivity index (χ2n) is 3.74. The van der Waals surface area contributed by atoms with Crippen molar-refractivity contribution in [1.29, 1.82) is 5.26 Å². The summed E-state index contributed by atoms with van der Waals surface area (Å²) in [5.74, 6) is 0.605. The molecule has 0 aliphatic rings. The number of nitrogens with two attached hydrogens (primary N) is 1. The summed E-state index contributed by atoms with van der Waals surface area (Å²) < 4.78 is 2.04. The van der Waals surface area contributed by atoms with Crippen molar-refractivity contribution in [2.45, 2.75) is 32.6 Å². The Morgan fingerprint density at radius 1 is 1.53 bits per heavy atom. The van der Waals surface area contributed by atoms with Crippen molar-refractivity contribution in [2.75, 3.05) is 12.0 Å². The van der Waals surface area contributed by atoms with Crippen molar-refractivity contribution in [3.63, 3.8) is 0 Å². The minimum Gasteiger partial charge on any atom is -0.384 e. The Bertz CT molecular complexity index is 401. The quantitative estimate of drug-likeness (QED) is 0.855. The highest BCUT2D eigenvalue weighted by molar-refractivity contribution is 7.99. The van der Waals surface area contributed by atoms with Crippen molar-refractivity contribution in [3.05, 3.63) is 16.8 Å². The predicted octanol–water partition coefficient (Wildman–Crippen LogP) is 2.31. The van der Waals surface area contributed by atoms with Crippen LogP contribution in [0, 0.1) is 25.2 Å². The number of anilines is 1. The van der Waals surface area contributed by atoms with Gasteiger partial charge in [0.2, 0.25) is 0 Å². The fourth-order valence-electron chi connectivity index (χ4n) is 1.60. The number of thioether (sulfide) groups is 1. The average molecular weight is 223 g/mol. The van der Waals surface area contributed by atoms with Crippen LogP contribution in [0.15, 0.2) is 0 Å². The number of nitriles is 1. The Morgan fingerprint density at radius 3 is 2.53 bits per heavy atom. The topological polar surface area (TPSA) is 54.7 Å². The number of hydrogen-bond donors (Lipinski definition) is 1. The van der Waals surface area contributed by atoms with Crippen LogP contribution in [0.5, 0.6) is 0 Å². The molecule has 4 heteroatoms. The molecule has 1 aromatic rings. The van der Waals surface area contributed by atoms with Gasteiger partial charge in [0.15, 0.2) is 0 Å². The maximum Gasteiger partial charge on any atom is 0.122 e. The van der Waals surface area contributed by atoms with Crippen LogP contribution in [0.2, 0.25) is 0 Å². The van der Waals surface area contributed by atoms with Crippen molar-refractivity contribution >= 4 is 17.6 Å². The van der Waals surface area contributed by atoms with Gasteiger partial charge in [-0.2, -0.15) is 17.0 Å². The summed E-state index contributed by atoms with van der Waals surface area (Å²) in [7, 11) is 0. The molecule has 2 N–H and O–H groups in total. The zero-order chi connectivity index (χ0) is 11.6. The summed E-state index contributed by atoms with van der Waals surface area (Å²) in [6, 6.07) is 2.16. The number of nitrogens with zero attached hydrogens (tertiary/aromatic N) is 2. The lowest BCUT2D eigenvalue weighted by molar-refractivity contribution is 0.685. The molecule has 1 atom stereocenters. The van der Waals surface area contributed by atoms with Crippen LogP contribution in [0.1, 0.15) is 23.7 Å². The van der Waals surface area contributed by atoms with Gasteiger partial charge in [0, 0.05) is 17.5 Å². The molecule has 3 nitrogen and oxygen atoms in total. The van der Waals surface area contributed by atoms with Gasteiger partial charge in [-0.1, -0.05) is 6.92 Å². The summed E-state index contributed by atoms with van der Waals surface area (Å²) in [5.41, 5.74) is 8.68. The number of hydrogen-bond acceptors (Lipinski definition) is 3. The smallest absolute Gasteiger partial charge is 0.122 e. The predicted molar refractivity (Wildman–Crippen MR) is 66.0 cm³/mol. The van der Waals surface area contributed by atoms with Crippen molar-refractivity contribution < 1.29 is 0 Å². The number of aromatic nitrogens is 1. The number of rotatable bonds is 3. The van der Waals surface area contributed by atoms with E-state index in [1.165, 1.54) is 0 Å². The first-order valence-corrected chi connectivity index (χ1v) is 6.19. The van der Waals surface area contributed by atoms with Gasteiger partial charge in [-0.05, 0) is 25.7 Å². The Morgan fingerprint density at radius 2 is 2.13 bits per heavy atom. The Hall–Kier alpha value is -1.08. The van der Waals surface area contributed by atoms with Crippen LogP contribution >= 0.6 is 11.8 Å². The molecule has 0 aliphatic heterocycles. The summed E-state index contributed by atoms with van der Waals surface area (Å²) in [5, 5.41) is 9.48. The van der Waals surface area contributed by atoms with E-state index in [0.717, 1.165) is 17.8 Å². The summed E-state index contributed by atoms with van der Waals surface area (Å²) in [4.78, 5) is 0. The molecular formula is C11H17N3S. The normalized spacial score (nSPS) is 12.5. The van der Waals surface area contributed by atoms with E-state index < -0.39 is 0 Å². The summed E-state index contributed by atoms with van der Waals surface area (Å²) in [6.45, 7) is 6.98. The fourth-order valence-corrected chi connectivity index (χ4v) is 1.90. The van der Waals surface area contributed by atoms with E-state index in [1.54, 1.807) is 11.8 Å². The molecule has 15 heavy (non-hydrogen) atoms. The minimum atomic E-state index is 0.504. The maximum atomic E-state index is 8.98. The van der Waals surface area contributed by atoms with Gasteiger partial charge in [0.05, 0.1) is 5.56 Å². The SMILES string of the molecule is CSC(C)Cn1c(C)c(C)c(C#N)c1N. The highest BCUT2D eigenvalue weighted by Crippen LogP contribution is 2.24. The Kier molecular flexibility index (Phi) is 3.70. The van der Waals surface area contributed by atoms with Gasteiger partial charge in [0.1, 0.15) is 11.9 Å². The van der Waals surface area contributed by atoms with E-state index in [0.29, 0.717) is 16.6 Å². The maximum absolute atomic E-state index is 8.98. The third-order valence-corrected chi connectivity index (χ3v) is 3.78. The molecule has 1 aromatic heterocycles. The molecule has 1 unspecified atom stereocenters. The molecule has 1 rings (SSSR count). The molecule has 0 amide bonds. The van der Waals surface area contributed by atoms with E-state index in [1.807, 2.05) is 18.4 Å². The van der Waals surface area contributed by atoms with Crippen LogP contribution in [-0.4, -0.2) is 16.1 Å². The van der Waals surface area contributed by atoms with Crippen LogP contribution < -0.4 is 5.73 Å². The lowest BCUT2D eigenvalue weighted by atomic mass is 10.2. The highest BCUT2D eigenvalue weighted by atomic mass is 32.2. The minimum absolute atomic E-state index is 0.504. The van der Waals surface area contributed by atoms with Gasteiger partial charge < -0.3 is 10.3 Å². The van der Waals surface area contributed by atoms with Crippen LogP contribution in [-0.2, 0) is 6.54 Å². The summed E-state index contributed by atoms with van der Waals surface area (Å²) in [6.07, 6.45) is 2.08. The van der Waals surface area contributed by atoms with Crippen LogP contribution in [0.4, 0.5) is 5.82 Å². The largest absolute Gasteiger partial charge is 0.384 e. The van der Waals surface area contributed by atoms with Crippen LogP contribution in [0.3, 0.4) is 0 Å². The molecule has 82 valence electrons. The van der Waals surface area contributed by atoms with Gasteiger partial charge in [-0.15, -0.1) is 0 Å². The third kappa shape index (κ3) is 2.13. The number of nitrogen functional groups attached to an aromatic ring is 1. The Labute approximate surface area is 95.3 Å². The fraction of sp³-hybridized carbons (Fsp3) is 0.545. The molecular weight excluding hydrogens is 206 g/mol. The lowest BCUT2D eigenvalue weighted by Crippen LogP contribution is -2.12. The first-order valence-electron chi connectivity index (χ1n) is 4.91. The lowest BCUT2D eigenvalue weighted by Gasteiger charge is -2.13. The van der Waals surface area contributed by atoms with E-state index in [4.69, 9.17) is 11.0 Å². The zero-order valence-corrected chi connectivity index (χ0v) is 10.5. The van der Waals surface area contributed by atoms with Gasteiger partial charge in [-0.3, -0.25) is 0 Å². The van der Waals surface area contributed by atoms with Crippen molar-refractivity contribution in [2.24, 2.45) is 0 Å². The summed E-state index contributed by atoms with van der Waals surface area (Å²) >= 11 is 1.80. The van der Waals surface area contributed by atoms with Crippen molar-refractivity contribution in [3.8, 4) is 6.07 Å². The highest BCUT2D eigenvalue weighted by Gasteiger charge is 2.16. The molecule has 0 saturated heterocycles. The molecule has 0 fully saturated rings. The van der Waals surface area contributed by atoms with E-state index >= 15 is 0 Å². The van der Waals surface area contributed by atoms with Crippen LogP contribution in [0.25, 0.3) is 0 Å². The van der Waals surface area contributed by atoms with Gasteiger partial charge >= 0.3 is 0 Å². The van der Waals surface area contributed by atoms with E-state index in [-0.39, 0.29) is 0 Å². The Balaban J connectivity index is 3.15. The first-order chi connectivity index (χ1) is 7.02. The second kappa shape index (κ2) is 4.63.